The average molecular weight is 1250 g/mol. The highest BCUT2D eigenvalue weighted by atomic mass is 28.4. The van der Waals surface area contributed by atoms with Crippen molar-refractivity contribution in [3.8, 4) is 23.0 Å². The van der Waals surface area contributed by atoms with E-state index in [0.29, 0.717) is 29.6 Å². The van der Waals surface area contributed by atoms with Crippen LogP contribution in [0.5, 0.6) is 23.0 Å². The fourth-order valence-corrected chi connectivity index (χ4v) is 15.0. The summed E-state index contributed by atoms with van der Waals surface area (Å²) in [6.07, 6.45) is 2.74. The molecular formula is C67H114O17Si2. The first-order chi connectivity index (χ1) is 40.7. The summed E-state index contributed by atoms with van der Waals surface area (Å²) in [5.41, 5.74) is 3.32. The van der Waals surface area contributed by atoms with E-state index >= 15 is 0 Å². The standard InChI is InChI=1S/C67H114O17Si2/c1-24-28-44(5)33-46(7)62(80-43-72-17)53(39-81-85(22,23)67(12,13)14)64(77-38-51-29-31-56(73-18)58(35-51)75-20)48(9)55(69)37-54(68)45(6)34-47(8)61(79-42-71-16)49(10)63-50(11)65(60(78-41-70-15)40-82-86(25-2,26-3)27-4)84-66(83-63)52-30-32-57(74-19)59(36-52)76-21/h24,28-36,44-45,48-50,53,55,60-66,69H,25-27,37-43H2,1-23H3/b28-24-,46-33+,47-34+/t44-,45-,48+,49+,50+,53+,55+,60-,61-,62+,63-,64-,65-,66-/m0/s1. The molecule has 86 heavy (non-hydrogen) atoms. The van der Waals surface area contributed by atoms with Crippen LogP contribution in [0.25, 0.3) is 0 Å². The second-order valence-corrected chi connectivity index (χ2v) is 34.4. The van der Waals surface area contributed by atoms with Gasteiger partial charge in [-0.25, -0.2) is 0 Å². The number of hydrogen-bond acceptors (Lipinski definition) is 17. The minimum absolute atomic E-state index is 0.00898. The molecule has 1 N–H and O–H groups in total. The number of rotatable bonds is 41. The minimum Gasteiger partial charge on any atom is -0.493 e. The maximum Gasteiger partial charge on any atom is 0.192 e. The Morgan fingerprint density at radius 2 is 1.22 bits per heavy atom. The maximum atomic E-state index is 14.8. The molecule has 0 spiro atoms. The van der Waals surface area contributed by atoms with Gasteiger partial charge in [0.2, 0.25) is 0 Å². The Labute approximate surface area is 520 Å². The summed E-state index contributed by atoms with van der Waals surface area (Å²) in [5.74, 6) is -0.132. The number of carbonyl (C=O) groups excluding carboxylic acids is 1. The number of methoxy groups -OCH3 is 7. The molecule has 1 aliphatic rings. The van der Waals surface area contributed by atoms with E-state index in [1.54, 1.807) is 49.8 Å². The third-order valence-corrected chi connectivity index (χ3v) is 27.0. The Balaban J connectivity index is 2.17. The van der Waals surface area contributed by atoms with Crippen LogP contribution in [0.15, 0.2) is 71.8 Å². The normalized spacial score (nSPS) is 21.0. The highest BCUT2D eigenvalue weighted by Gasteiger charge is 2.48. The summed E-state index contributed by atoms with van der Waals surface area (Å²) in [5, 5.41) is 12.5. The lowest BCUT2D eigenvalue weighted by atomic mass is 9.80. The van der Waals surface area contributed by atoms with Crippen molar-refractivity contribution in [3.05, 3.63) is 83.0 Å². The van der Waals surface area contributed by atoms with Crippen molar-refractivity contribution >= 4 is 22.4 Å². The molecule has 3 rings (SSSR count). The van der Waals surface area contributed by atoms with Crippen LogP contribution in [0.4, 0.5) is 0 Å². The van der Waals surface area contributed by atoms with Crippen LogP contribution in [-0.2, 0) is 62.9 Å². The zero-order valence-corrected chi connectivity index (χ0v) is 58.9. The van der Waals surface area contributed by atoms with Gasteiger partial charge >= 0.3 is 0 Å². The molecule has 0 unspecified atom stereocenters. The molecule has 492 valence electrons. The summed E-state index contributed by atoms with van der Waals surface area (Å²) >= 11 is 0. The van der Waals surface area contributed by atoms with Gasteiger partial charge in [0.25, 0.3) is 0 Å². The minimum atomic E-state index is -2.38. The molecule has 2 aromatic carbocycles. The summed E-state index contributed by atoms with van der Waals surface area (Å²) in [7, 11) is 6.74. The quantitative estimate of drug-likeness (QED) is 0.0378. The van der Waals surface area contributed by atoms with E-state index < -0.39 is 83.4 Å². The molecule has 0 bridgehead atoms. The number of aliphatic hydroxyl groups excluding tert-OH is 1. The number of hydrogen-bond donors (Lipinski definition) is 1. The van der Waals surface area contributed by atoms with Gasteiger partial charge in [-0.1, -0.05) is 113 Å². The summed E-state index contributed by atoms with van der Waals surface area (Å²) < 4.78 is 94.1. The van der Waals surface area contributed by atoms with Crippen LogP contribution in [0.1, 0.15) is 121 Å². The number of allylic oxidation sites excluding steroid dienone is 4. The van der Waals surface area contributed by atoms with Gasteiger partial charge in [-0.15, -0.1) is 0 Å². The zero-order valence-electron chi connectivity index (χ0n) is 56.9. The fourth-order valence-electron chi connectivity index (χ4n) is 11.3. The Morgan fingerprint density at radius 3 is 1.77 bits per heavy atom. The molecule has 19 heteroatoms. The van der Waals surface area contributed by atoms with Gasteiger partial charge in [0.15, 0.2) is 45.9 Å². The molecular weight excluding hydrogens is 1130 g/mol. The number of aliphatic hydroxyl groups is 1. The molecule has 1 heterocycles. The molecule has 1 saturated heterocycles. The monoisotopic (exact) mass is 1250 g/mol. The third-order valence-electron chi connectivity index (χ3n) is 17.9. The van der Waals surface area contributed by atoms with Gasteiger partial charge in [-0.05, 0) is 104 Å². The van der Waals surface area contributed by atoms with Crippen LogP contribution < -0.4 is 18.9 Å². The van der Waals surface area contributed by atoms with Gasteiger partial charge in [0.05, 0.1) is 78.3 Å². The van der Waals surface area contributed by atoms with E-state index in [2.05, 4.69) is 94.5 Å². The van der Waals surface area contributed by atoms with Crippen LogP contribution >= 0.6 is 0 Å². The summed E-state index contributed by atoms with van der Waals surface area (Å²) in [4.78, 5) is 14.8. The van der Waals surface area contributed by atoms with Crippen molar-refractivity contribution < 1.29 is 80.3 Å². The predicted octanol–water partition coefficient (Wildman–Crippen LogP) is 13.7. The molecule has 1 aliphatic heterocycles. The molecule has 2 aromatic rings. The second kappa shape index (κ2) is 37.6. The van der Waals surface area contributed by atoms with Gasteiger partial charge in [0.1, 0.15) is 32.3 Å². The Hall–Kier alpha value is -3.52. The number of benzene rings is 2. The molecule has 1 fully saturated rings. The molecule has 0 aliphatic carbocycles. The van der Waals surface area contributed by atoms with E-state index in [1.165, 1.54) is 0 Å². The number of Topliss-reactive ketones (excluding diaryl/α,β-unsaturated/α-hetero) is 1. The predicted molar refractivity (Wildman–Crippen MR) is 344 cm³/mol. The van der Waals surface area contributed by atoms with Gasteiger partial charge in [-0.2, -0.15) is 0 Å². The highest BCUT2D eigenvalue weighted by molar-refractivity contribution is 6.74. The van der Waals surface area contributed by atoms with Gasteiger partial charge in [-0.3, -0.25) is 4.79 Å². The highest BCUT2D eigenvalue weighted by Crippen LogP contribution is 2.44. The Kier molecular flexibility index (Phi) is 33.5. The maximum absolute atomic E-state index is 14.8. The summed E-state index contributed by atoms with van der Waals surface area (Å²) in [6, 6.07) is 14.2. The van der Waals surface area contributed by atoms with Crippen molar-refractivity contribution in [2.45, 2.75) is 195 Å². The smallest absolute Gasteiger partial charge is 0.192 e. The second-order valence-electron chi connectivity index (χ2n) is 24.8. The van der Waals surface area contributed by atoms with Crippen LogP contribution in [0.2, 0.25) is 36.3 Å². The van der Waals surface area contributed by atoms with Crippen molar-refractivity contribution in [2.24, 2.45) is 35.5 Å². The number of ether oxygens (including phenoxy) is 13. The lowest BCUT2D eigenvalue weighted by Crippen LogP contribution is -2.54. The van der Waals surface area contributed by atoms with E-state index in [4.69, 9.17) is 70.4 Å². The zero-order chi connectivity index (χ0) is 64.5. The average Bonchev–Trinajstić information content (AvgIpc) is 1.20. The van der Waals surface area contributed by atoms with E-state index in [1.807, 2.05) is 76.2 Å². The number of ketones is 1. The molecule has 0 saturated carbocycles. The van der Waals surface area contributed by atoms with E-state index in [-0.39, 0.29) is 68.6 Å². The van der Waals surface area contributed by atoms with Gasteiger partial charge in [0, 0.05) is 69.5 Å². The van der Waals surface area contributed by atoms with E-state index in [9.17, 15) is 9.90 Å². The fraction of sp³-hybridized carbons (Fsp3) is 0.716. The molecule has 0 radical (unpaired) electrons. The van der Waals surface area contributed by atoms with Crippen molar-refractivity contribution in [2.75, 3.05) is 83.4 Å². The largest absolute Gasteiger partial charge is 0.493 e. The van der Waals surface area contributed by atoms with Crippen molar-refractivity contribution in [1.82, 2.24) is 0 Å². The van der Waals surface area contributed by atoms with Crippen molar-refractivity contribution in [3.63, 3.8) is 0 Å². The first kappa shape index (κ1) is 76.7. The van der Waals surface area contributed by atoms with Crippen LogP contribution in [0, 0.1) is 35.5 Å². The molecule has 17 nitrogen and oxygen atoms in total. The SMILES string of the molecule is C/C=C\[C@H](C)/C=C(\C)[C@@H](OCOC)[C@@H](CO[Si](C)(C)C(C)(C)C)[C@@H](OCc1ccc(OC)c(OC)c1)[C@H](C)[C@H](O)CC(=O)[C@@H](C)/C=C(\C)[C@H](OCOC)[C@@H](C)[C@@H]1O[C@H](c2ccc(OC)c(OC)c2)O[C@H]([C@H](CO[Si](CC)(CC)CC)OCOC)[C@@H]1C. The lowest BCUT2D eigenvalue weighted by Gasteiger charge is -2.47. The number of carbonyl (C=O) groups is 1. The molecule has 14 atom stereocenters. The van der Waals surface area contributed by atoms with E-state index in [0.717, 1.165) is 40.4 Å². The van der Waals surface area contributed by atoms with Crippen LogP contribution in [0.3, 0.4) is 0 Å². The lowest BCUT2D eigenvalue weighted by molar-refractivity contribution is -0.310. The van der Waals surface area contributed by atoms with Crippen LogP contribution in [-0.4, -0.2) is 154 Å². The first-order valence-corrected chi connectivity index (χ1v) is 36.3. The van der Waals surface area contributed by atoms with Gasteiger partial charge < -0.3 is 75.5 Å². The molecule has 0 aromatic heterocycles. The molecule has 0 amide bonds. The van der Waals surface area contributed by atoms with Crippen molar-refractivity contribution in [1.29, 1.82) is 0 Å². The first-order valence-electron chi connectivity index (χ1n) is 30.9. The Morgan fingerprint density at radius 1 is 0.686 bits per heavy atom. The topological polar surface area (TPSA) is 176 Å². The summed E-state index contributed by atoms with van der Waals surface area (Å²) in [6.45, 7) is 34.6. The Bertz CT molecular complexity index is 2360. The third kappa shape index (κ3) is 21.9.